The average molecular weight is 706 g/mol. The number of benzene rings is 9. The highest BCUT2D eigenvalue weighted by Crippen LogP contribution is 2.45. The van der Waals surface area contributed by atoms with Crippen LogP contribution in [0.15, 0.2) is 212 Å². The number of thiophene rings is 1. The van der Waals surface area contributed by atoms with E-state index in [0.29, 0.717) is 0 Å². The molecule has 9 aromatic carbocycles. The van der Waals surface area contributed by atoms with Crippen molar-refractivity contribution in [2.45, 2.75) is 0 Å². The lowest BCUT2D eigenvalue weighted by atomic mass is 9.94. The zero-order chi connectivity index (χ0) is 35.8. The molecule has 1 aromatic heterocycles. The largest absolute Gasteiger partial charge is 0.309 e. The number of anilines is 3. The molecule has 2 heteroatoms. The van der Waals surface area contributed by atoms with Crippen molar-refractivity contribution in [2.24, 2.45) is 0 Å². The fourth-order valence-electron chi connectivity index (χ4n) is 7.77. The van der Waals surface area contributed by atoms with Crippen LogP contribution in [0.1, 0.15) is 0 Å². The first-order valence-corrected chi connectivity index (χ1v) is 19.2. The lowest BCUT2D eigenvalue weighted by molar-refractivity contribution is 1.30. The van der Waals surface area contributed by atoms with Crippen molar-refractivity contribution in [3.63, 3.8) is 0 Å². The number of rotatable bonds is 7. The number of fused-ring (bicyclic) bond motifs is 4. The minimum atomic E-state index is 1.12. The molecule has 10 rings (SSSR count). The summed E-state index contributed by atoms with van der Waals surface area (Å²) in [6, 6.07) is 77.0. The van der Waals surface area contributed by atoms with E-state index in [0.717, 1.165) is 11.4 Å². The smallest absolute Gasteiger partial charge is 0.0640 e. The van der Waals surface area contributed by atoms with Crippen LogP contribution >= 0.6 is 11.3 Å². The Balaban J connectivity index is 0.992. The molecule has 10 aromatic rings. The molecule has 0 atom stereocenters. The summed E-state index contributed by atoms with van der Waals surface area (Å²) in [5, 5.41) is 5.13. The second-order valence-corrected chi connectivity index (χ2v) is 14.8. The Morgan fingerprint density at radius 1 is 0.315 bits per heavy atom. The number of nitrogens with zero attached hydrogens (tertiary/aromatic N) is 1. The van der Waals surface area contributed by atoms with Gasteiger partial charge in [0.25, 0.3) is 0 Å². The van der Waals surface area contributed by atoms with Gasteiger partial charge in [0, 0.05) is 26.8 Å². The minimum absolute atomic E-state index is 1.12. The molecular formula is C52H35NS. The quantitative estimate of drug-likeness (QED) is 0.160. The van der Waals surface area contributed by atoms with Crippen molar-refractivity contribution in [2.75, 3.05) is 4.90 Å². The van der Waals surface area contributed by atoms with E-state index in [4.69, 9.17) is 0 Å². The third-order valence-corrected chi connectivity index (χ3v) is 11.7. The number of hydrogen-bond donors (Lipinski definition) is 0. The van der Waals surface area contributed by atoms with Crippen LogP contribution in [0.5, 0.6) is 0 Å². The van der Waals surface area contributed by atoms with Crippen molar-refractivity contribution in [1.29, 1.82) is 0 Å². The summed E-state index contributed by atoms with van der Waals surface area (Å²) in [4.78, 5) is 2.41. The summed E-state index contributed by atoms with van der Waals surface area (Å²) in [5.74, 6) is 0. The standard InChI is InChI=1S/C52H35NS/c1-2-11-36(12-3-1)38-27-31-44(32-28-38)53(50-21-10-20-49-48-18-6-7-22-51(48)54-52(49)50)45-33-29-39(30-34-45)37-23-25-40(26-24-37)42-15-8-16-43(35-42)47-19-9-14-41-13-4-5-17-46(41)47/h1-35H. The molecule has 0 bridgehead atoms. The fourth-order valence-corrected chi connectivity index (χ4v) is 8.98. The van der Waals surface area contributed by atoms with E-state index in [2.05, 4.69) is 217 Å². The predicted octanol–water partition coefficient (Wildman–Crippen LogP) is 15.3. The molecule has 0 aliphatic rings. The van der Waals surface area contributed by atoms with Crippen LogP contribution in [0.25, 0.3) is 75.5 Å². The zero-order valence-corrected chi connectivity index (χ0v) is 30.4. The molecule has 54 heavy (non-hydrogen) atoms. The van der Waals surface area contributed by atoms with Crippen molar-refractivity contribution in [3.05, 3.63) is 212 Å². The van der Waals surface area contributed by atoms with E-state index < -0.39 is 0 Å². The van der Waals surface area contributed by atoms with Gasteiger partial charge in [-0.05, 0) is 97.7 Å². The normalized spacial score (nSPS) is 11.3. The van der Waals surface area contributed by atoms with Crippen LogP contribution in [0, 0.1) is 0 Å². The SMILES string of the molecule is c1ccc(-c2ccc(N(c3ccc(-c4ccc(-c5cccc(-c6cccc7ccccc67)c5)cc4)cc3)c3cccc4c3sc3ccccc34)cc2)cc1. The molecule has 1 heterocycles. The summed E-state index contributed by atoms with van der Waals surface area (Å²) in [5.41, 5.74) is 13.2. The molecule has 0 aliphatic carbocycles. The highest BCUT2D eigenvalue weighted by atomic mass is 32.1. The van der Waals surface area contributed by atoms with Gasteiger partial charge in [0.05, 0.1) is 10.4 Å². The molecule has 1 nitrogen and oxygen atoms in total. The second-order valence-electron chi connectivity index (χ2n) is 13.7. The van der Waals surface area contributed by atoms with Gasteiger partial charge in [-0.3, -0.25) is 0 Å². The summed E-state index contributed by atoms with van der Waals surface area (Å²) in [6.07, 6.45) is 0. The first kappa shape index (κ1) is 32.0. The first-order valence-electron chi connectivity index (χ1n) is 18.4. The second kappa shape index (κ2) is 13.7. The van der Waals surface area contributed by atoms with E-state index in [9.17, 15) is 0 Å². The molecule has 0 N–H and O–H groups in total. The molecule has 0 fully saturated rings. The Kier molecular flexibility index (Phi) is 8.09. The summed E-state index contributed by atoms with van der Waals surface area (Å²) < 4.78 is 2.59. The van der Waals surface area contributed by atoms with Crippen LogP contribution in [-0.2, 0) is 0 Å². The van der Waals surface area contributed by atoms with Crippen LogP contribution in [0.4, 0.5) is 17.1 Å². The van der Waals surface area contributed by atoms with Gasteiger partial charge in [-0.1, -0.05) is 170 Å². The van der Waals surface area contributed by atoms with E-state index >= 15 is 0 Å². The van der Waals surface area contributed by atoms with Crippen molar-refractivity contribution in [3.8, 4) is 44.5 Å². The molecular weight excluding hydrogens is 671 g/mol. The molecule has 0 saturated carbocycles. The van der Waals surface area contributed by atoms with Crippen LogP contribution in [0.2, 0.25) is 0 Å². The summed E-state index contributed by atoms with van der Waals surface area (Å²) in [7, 11) is 0. The number of hydrogen-bond acceptors (Lipinski definition) is 2. The van der Waals surface area contributed by atoms with E-state index in [-0.39, 0.29) is 0 Å². The monoisotopic (exact) mass is 705 g/mol. The Morgan fingerprint density at radius 3 is 1.52 bits per heavy atom. The molecule has 0 saturated heterocycles. The molecule has 0 spiro atoms. The molecule has 0 aliphatic heterocycles. The predicted molar refractivity (Wildman–Crippen MR) is 233 cm³/mol. The summed E-state index contributed by atoms with van der Waals surface area (Å²) in [6.45, 7) is 0. The lowest BCUT2D eigenvalue weighted by Gasteiger charge is -2.26. The van der Waals surface area contributed by atoms with Crippen LogP contribution in [-0.4, -0.2) is 0 Å². The molecule has 0 unspecified atom stereocenters. The van der Waals surface area contributed by atoms with Gasteiger partial charge in [-0.25, -0.2) is 0 Å². The Bertz CT molecular complexity index is 2900. The zero-order valence-electron chi connectivity index (χ0n) is 29.6. The Labute approximate surface area is 319 Å². The third-order valence-electron chi connectivity index (χ3n) is 10.5. The van der Waals surface area contributed by atoms with Gasteiger partial charge in [-0.15, -0.1) is 11.3 Å². The average Bonchev–Trinajstić information content (AvgIpc) is 3.64. The Morgan fingerprint density at radius 2 is 0.796 bits per heavy atom. The van der Waals surface area contributed by atoms with E-state index in [1.54, 1.807) is 0 Å². The van der Waals surface area contributed by atoms with Gasteiger partial charge in [0.15, 0.2) is 0 Å². The Hall–Kier alpha value is -6.74. The lowest BCUT2D eigenvalue weighted by Crippen LogP contribution is -2.10. The van der Waals surface area contributed by atoms with E-state index in [1.807, 2.05) is 11.3 Å². The van der Waals surface area contributed by atoms with Gasteiger partial charge in [-0.2, -0.15) is 0 Å². The maximum absolute atomic E-state index is 2.41. The topological polar surface area (TPSA) is 3.24 Å². The molecule has 0 radical (unpaired) electrons. The van der Waals surface area contributed by atoms with Crippen molar-refractivity contribution < 1.29 is 0 Å². The minimum Gasteiger partial charge on any atom is -0.309 e. The molecule has 254 valence electrons. The van der Waals surface area contributed by atoms with Crippen LogP contribution in [0.3, 0.4) is 0 Å². The highest BCUT2D eigenvalue weighted by Gasteiger charge is 2.18. The maximum atomic E-state index is 2.41. The van der Waals surface area contributed by atoms with Crippen molar-refractivity contribution in [1.82, 2.24) is 0 Å². The molecule has 0 amide bonds. The van der Waals surface area contributed by atoms with Crippen LogP contribution < -0.4 is 4.90 Å². The fraction of sp³-hybridized carbons (Fsp3) is 0. The third kappa shape index (κ3) is 5.84. The van der Waals surface area contributed by atoms with E-state index in [1.165, 1.54) is 81.1 Å². The van der Waals surface area contributed by atoms with Gasteiger partial charge in [0.2, 0.25) is 0 Å². The van der Waals surface area contributed by atoms with Gasteiger partial charge < -0.3 is 4.90 Å². The first-order chi connectivity index (χ1) is 26.8. The van der Waals surface area contributed by atoms with Gasteiger partial charge >= 0.3 is 0 Å². The highest BCUT2D eigenvalue weighted by molar-refractivity contribution is 7.26. The van der Waals surface area contributed by atoms with Crippen molar-refractivity contribution >= 4 is 59.3 Å². The maximum Gasteiger partial charge on any atom is 0.0640 e. The van der Waals surface area contributed by atoms with Gasteiger partial charge in [0.1, 0.15) is 0 Å². The summed E-state index contributed by atoms with van der Waals surface area (Å²) >= 11 is 1.86.